The zero-order valence-electron chi connectivity index (χ0n) is 14.3. The van der Waals surface area contributed by atoms with Gasteiger partial charge in [0, 0.05) is 31.5 Å². The van der Waals surface area contributed by atoms with E-state index in [1.54, 1.807) is 19.5 Å². The summed E-state index contributed by atoms with van der Waals surface area (Å²) in [6, 6.07) is 3.83. The molecule has 3 rings (SSSR count). The Kier molecular flexibility index (Phi) is 6.13. The largest absolute Gasteiger partial charge is 0.383 e. The molecule has 8 nitrogen and oxygen atoms in total. The van der Waals surface area contributed by atoms with E-state index in [9.17, 15) is 0 Å². The molecule has 0 saturated carbocycles. The van der Waals surface area contributed by atoms with Crippen LogP contribution in [-0.4, -0.2) is 43.6 Å². The number of hydrogen-bond donors (Lipinski definition) is 0. The van der Waals surface area contributed by atoms with Crippen molar-refractivity contribution in [3.63, 3.8) is 0 Å². The predicted molar refractivity (Wildman–Crippen MR) is 93.0 cm³/mol. The number of rotatable bonds is 9. The Morgan fingerprint density at radius 2 is 2.08 bits per heavy atom. The van der Waals surface area contributed by atoms with E-state index >= 15 is 0 Å². The molecular weight excluding hydrogens is 340 g/mol. The molecule has 3 aromatic heterocycles. The minimum absolute atomic E-state index is 0.554. The van der Waals surface area contributed by atoms with E-state index < -0.39 is 0 Å². The van der Waals surface area contributed by atoms with Crippen molar-refractivity contribution in [2.45, 2.75) is 37.2 Å². The Bertz CT molecular complexity index is 789. The quantitative estimate of drug-likeness (QED) is 0.538. The number of aryl methyl sites for hydroxylation is 1. The van der Waals surface area contributed by atoms with Crippen LogP contribution < -0.4 is 0 Å². The van der Waals surface area contributed by atoms with Gasteiger partial charge in [-0.15, -0.1) is 10.2 Å². The summed E-state index contributed by atoms with van der Waals surface area (Å²) in [4.78, 5) is 8.43. The highest BCUT2D eigenvalue weighted by Crippen LogP contribution is 2.25. The van der Waals surface area contributed by atoms with Gasteiger partial charge >= 0.3 is 0 Å². The second kappa shape index (κ2) is 8.72. The molecule has 0 amide bonds. The lowest BCUT2D eigenvalue weighted by Crippen LogP contribution is -2.07. The second-order valence-electron chi connectivity index (χ2n) is 5.33. The van der Waals surface area contributed by atoms with Gasteiger partial charge in [-0.05, 0) is 18.6 Å². The highest BCUT2D eigenvalue weighted by atomic mass is 32.2. The predicted octanol–water partition coefficient (Wildman–Crippen LogP) is 2.61. The van der Waals surface area contributed by atoms with Crippen LogP contribution in [0.5, 0.6) is 0 Å². The summed E-state index contributed by atoms with van der Waals surface area (Å²) in [5, 5.41) is 13.4. The summed E-state index contributed by atoms with van der Waals surface area (Å²) in [6.45, 7) is 3.32. The first-order valence-electron chi connectivity index (χ1n) is 8.08. The van der Waals surface area contributed by atoms with Crippen LogP contribution in [0.25, 0.3) is 11.4 Å². The highest BCUT2D eigenvalue weighted by molar-refractivity contribution is 7.98. The van der Waals surface area contributed by atoms with Crippen molar-refractivity contribution in [3.8, 4) is 11.4 Å². The minimum atomic E-state index is 0.554. The van der Waals surface area contributed by atoms with Gasteiger partial charge in [-0.1, -0.05) is 23.8 Å². The molecule has 3 aromatic rings. The number of nitrogens with zero attached hydrogens (tertiary/aromatic N) is 6. The highest BCUT2D eigenvalue weighted by Gasteiger charge is 2.16. The molecule has 0 aliphatic rings. The topological polar surface area (TPSA) is 91.8 Å². The maximum absolute atomic E-state index is 5.28. The number of methoxy groups -OCH3 is 1. The Balaban J connectivity index is 1.76. The van der Waals surface area contributed by atoms with E-state index in [-0.39, 0.29) is 0 Å². The molecule has 0 radical (unpaired) electrons. The first-order chi connectivity index (χ1) is 12.3. The molecule has 0 aliphatic carbocycles. The molecule has 0 aliphatic heterocycles. The molecule has 0 saturated heterocycles. The number of hydrogen-bond acceptors (Lipinski definition) is 8. The first kappa shape index (κ1) is 17.6. The van der Waals surface area contributed by atoms with Gasteiger partial charge in [0.1, 0.15) is 0 Å². The van der Waals surface area contributed by atoms with Gasteiger partial charge in [-0.25, -0.2) is 0 Å². The van der Waals surface area contributed by atoms with Crippen molar-refractivity contribution in [3.05, 3.63) is 36.2 Å². The van der Waals surface area contributed by atoms with Gasteiger partial charge in [0.05, 0.1) is 18.9 Å². The fraction of sp³-hybridized carbons (Fsp3) is 0.438. The molecule has 25 heavy (non-hydrogen) atoms. The molecule has 0 atom stereocenters. The number of pyridine rings is 1. The summed E-state index contributed by atoms with van der Waals surface area (Å²) in [5.41, 5.74) is 0.966. The Hall–Kier alpha value is -2.26. The van der Waals surface area contributed by atoms with Gasteiger partial charge in [-0.3, -0.25) is 9.55 Å². The smallest absolute Gasteiger partial charge is 0.237 e. The van der Waals surface area contributed by atoms with E-state index in [1.807, 2.05) is 16.7 Å². The monoisotopic (exact) mass is 360 g/mol. The van der Waals surface area contributed by atoms with E-state index in [4.69, 9.17) is 9.26 Å². The molecule has 0 unspecified atom stereocenters. The number of thioether (sulfide) groups is 1. The lowest BCUT2D eigenvalue weighted by atomic mass is 10.2. The molecule has 3 heterocycles. The average Bonchev–Trinajstić information content (AvgIpc) is 3.26. The van der Waals surface area contributed by atoms with Gasteiger partial charge < -0.3 is 9.26 Å². The summed E-state index contributed by atoms with van der Waals surface area (Å²) in [7, 11) is 1.68. The molecule has 0 fully saturated rings. The van der Waals surface area contributed by atoms with E-state index in [0.717, 1.165) is 35.2 Å². The van der Waals surface area contributed by atoms with Gasteiger partial charge in [0.25, 0.3) is 0 Å². The third-order valence-corrected chi connectivity index (χ3v) is 4.43. The molecule has 0 aromatic carbocycles. The third-order valence-electron chi connectivity index (χ3n) is 3.48. The molecule has 0 N–H and O–H groups in total. The van der Waals surface area contributed by atoms with Gasteiger partial charge in [0.2, 0.25) is 5.89 Å². The van der Waals surface area contributed by atoms with Crippen LogP contribution in [0.1, 0.15) is 25.1 Å². The van der Waals surface area contributed by atoms with E-state index in [2.05, 4.69) is 32.2 Å². The lowest BCUT2D eigenvalue weighted by Gasteiger charge is -2.08. The SMILES string of the molecule is CCCc1noc(CSc2nnc(-c3ccncc3)n2CCOC)n1. The zero-order chi connectivity index (χ0) is 17.5. The van der Waals surface area contributed by atoms with Crippen molar-refractivity contribution in [2.24, 2.45) is 0 Å². The van der Waals surface area contributed by atoms with E-state index in [0.29, 0.717) is 24.8 Å². The molecule has 9 heteroatoms. The molecule has 132 valence electrons. The summed E-state index contributed by atoms with van der Waals surface area (Å²) in [6.07, 6.45) is 5.30. The summed E-state index contributed by atoms with van der Waals surface area (Å²) in [5.74, 6) is 2.69. The second-order valence-corrected chi connectivity index (χ2v) is 6.27. The zero-order valence-corrected chi connectivity index (χ0v) is 15.1. The molecule has 0 spiro atoms. The van der Waals surface area contributed by atoms with Crippen LogP contribution in [0.2, 0.25) is 0 Å². The minimum Gasteiger partial charge on any atom is -0.383 e. The maximum atomic E-state index is 5.28. The van der Waals surface area contributed by atoms with Crippen LogP contribution in [0.4, 0.5) is 0 Å². The van der Waals surface area contributed by atoms with Crippen molar-refractivity contribution >= 4 is 11.8 Å². The fourth-order valence-corrected chi connectivity index (χ4v) is 3.10. The molecule has 0 bridgehead atoms. The lowest BCUT2D eigenvalue weighted by molar-refractivity contribution is 0.185. The van der Waals surface area contributed by atoms with Gasteiger partial charge in [-0.2, -0.15) is 4.98 Å². The van der Waals surface area contributed by atoms with Gasteiger partial charge in [0.15, 0.2) is 16.8 Å². The number of aromatic nitrogens is 6. The first-order valence-corrected chi connectivity index (χ1v) is 9.07. The van der Waals surface area contributed by atoms with Crippen LogP contribution >= 0.6 is 11.8 Å². The van der Waals surface area contributed by atoms with Crippen LogP contribution in [0, 0.1) is 0 Å². The third kappa shape index (κ3) is 4.43. The Labute approximate surface area is 150 Å². The van der Waals surface area contributed by atoms with Crippen molar-refractivity contribution < 1.29 is 9.26 Å². The summed E-state index contributed by atoms with van der Waals surface area (Å²) < 4.78 is 12.5. The maximum Gasteiger partial charge on any atom is 0.237 e. The number of ether oxygens (including phenoxy) is 1. The van der Waals surface area contributed by atoms with Crippen LogP contribution in [0.3, 0.4) is 0 Å². The average molecular weight is 360 g/mol. The van der Waals surface area contributed by atoms with Crippen molar-refractivity contribution in [1.82, 2.24) is 29.9 Å². The van der Waals surface area contributed by atoms with Crippen LogP contribution in [-0.2, 0) is 23.5 Å². The normalized spacial score (nSPS) is 11.1. The van der Waals surface area contributed by atoms with E-state index in [1.165, 1.54) is 11.8 Å². The summed E-state index contributed by atoms with van der Waals surface area (Å²) >= 11 is 1.52. The standard InChI is InChI=1S/C16H20N6O2S/c1-3-4-13-18-14(24-21-13)11-25-16-20-19-15(22(16)9-10-23-2)12-5-7-17-8-6-12/h5-8H,3-4,9-11H2,1-2H3. The van der Waals surface area contributed by atoms with Crippen molar-refractivity contribution in [1.29, 1.82) is 0 Å². The molecular formula is C16H20N6O2S. The fourth-order valence-electron chi connectivity index (χ4n) is 2.29. The van der Waals surface area contributed by atoms with Crippen molar-refractivity contribution in [2.75, 3.05) is 13.7 Å². The Morgan fingerprint density at radius 3 is 2.84 bits per heavy atom. The van der Waals surface area contributed by atoms with Crippen LogP contribution in [0.15, 0.2) is 34.2 Å². The Morgan fingerprint density at radius 1 is 1.24 bits per heavy atom.